The molecule has 1 N–H and O–H groups in total. The Hall–Kier alpha value is -0.900. The highest BCUT2D eigenvalue weighted by Crippen LogP contribution is 2.20. The van der Waals surface area contributed by atoms with Gasteiger partial charge in [0, 0.05) is 19.1 Å². The fraction of sp³-hybridized carbons (Fsp3) is 0.667. The van der Waals surface area contributed by atoms with E-state index in [1.807, 2.05) is 12.1 Å². The Balaban J connectivity index is 1.77. The topological polar surface area (TPSA) is 26.7 Å². The Morgan fingerprint density at radius 2 is 1.90 bits per heavy atom. The maximum Gasteiger partial charge on any atom is 0.0802 e. The molecule has 1 saturated heterocycles. The summed E-state index contributed by atoms with van der Waals surface area (Å²) in [5, 5.41) is 10.3. The zero-order valence-corrected chi connectivity index (χ0v) is 13.8. The largest absolute Gasteiger partial charge is 0.388 e. The highest BCUT2D eigenvalue weighted by atomic mass is 16.3. The van der Waals surface area contributed by atoms with E-state index in [0.29, 0.717) is 6.04 Å². The van der Waals surface area contributed by atoms with Crippen LogP contribution >= 0.6 is 0 Å². The molecule has 3 nitrogen and oxygen atoms in total. The Morgan fingerprint density at radius 1 is 1.24 bits per heavy atom. The number of likely N-dealkylation sites (tertiary alicyclic amines) is 1. The molecular weight excluding hydrogens is 260 g/mol. The molecular formula is C18H30N2O. The van der Waals surface area contributed by atoms with Crippen LogP contribution in [0.25, 0.3) is 0 Å². The van der Waals surface area contributed by atoms with Crippen LogP contribution in [0, 0.1) is 6.92 Å². The Bertz CT molecular complexity index is 414. The molecule has 2 unspecified atom stereocenters. The molecule has 0 spiro atoms. The van der Waals surface area contributed by atoms with Gasteiger partial charge in [-0.3, -0.25) is 4.90 Å². The summed E-state index contributed by atoms with van der Waals surface area (Å²) in [6, 6.07) is 8.94. The van der Waals surface area contributed by atoms with E-state index in [1.165, 1.54) is 18.5 Å². The Kier molecular flexibility index (Phi) is 6.22. The van der Waals surface area contributed by atoms with E-state index in [0.717, 1.165) is 38.2 Å². The van der Waals surface area contributed by atoms with Gasteiger partial charge in [0.2, 0.25) is 0 Å². The highest BCUT2D eigenvalue weighted by molar-refractivity contribution is 5.23. The number of hydrogen-bond donors (Lipinski definition) is 1. The molecule has 21 heavy (non-hydrogen) atoms. The Morgan fingerprint density at radius 3 is 2.52 bits per heavy atom. The molecule has 1 aliphatic rings. The summed E-state index contributed by atoms with van der Waals surface area (Å²) in [7, 11) is 0. The van der Waals surface area contributed by atoms with Gasteiger partial charge in [-0.25, -0.2) is 0 Å². The first kappa shape index (κ1) is 16.5. The number of aliphatic hydroxyl groups excluding tert-OH is 1. The van der Waals surface area contributed by atoms with Crippen molar-refractivity contribution in [3.05, 3.63) is 35.4 Å². The molecule has 1 fully saturated rings. The third-order valence-electron chi connectivity index (χ3n) is 4.76. The van der Waals surface area contributed by atoms with Gasteiger partial charge >= 0.3 is 0 Å². The van der Waals surface area contributed by atoms with Crippen LogP contribution in [0.1, 0.15) is 43.9 Å². The number of aliphatic hydroxyl groups is 1. The van der Waals surface area contributed by atoms with E-state index >= 15 is 0 Å². The van der Waals surface area contributed by atoms with E-state index in [2.05, 4.69) is 42.7 Å². The van der Waals surface area contributed by atoms with Crippen LogP contribution in [0.2, 0.25) is 0 Å². The lowest BCUT2D eigenvalue weighted by Crippen LogP contribution is -2.37. The predicted octanol–water partition coefficient (Wildman–Crippen LogP) is 2.83. The van der Waals surface area contributed by atoms with Gasteiger partial charge in [-0.2, -0.15) is 0 Å². The van der Waals surface area contributed by atoms with E-state index in [-0.39, 0.29) is 6.10 Å². The lowest BCUT2D eigenvalue weighted by Gasteiger charge is -2.26. The van der Waals surface area contributed by atoms with Crippen molar-refractivity contribution in [1.82, 2.24) is 9.80 Å². The van der Waals surface area contributed by atoms with Gasteiger partial charge < -0.3 is 10.0 Å². The molecule has 0 radical (unpaired) electrons. The lowest BCUT2D eigenvalue weighted by atomic mass is 10.0. The first-order valence-corrected chi connectivity index (χ1v) is 8.35. The highest BCUT2D eigenvalue weighted by Gasteiger charge is 2.26. The van der Waals surface area contributed by atoms with Crippen LogP contribution in [-0.2, 0) is 0 Å². The van der Waals surface area contributed by atoms with Crippen molar-refractivity contribution in [3.63, 3.8) is 0 Å². The molecule has 118 valence electrons. The number of hydrogen-bond acceptors (Lipinski definition) is 3. The maximum absolute atomic E-state index is 10.3. The molecule has 2 rings (SSSR count). The van der Waals surface area contributed by atoms with Gasteiger partial charge in [-0.1, -0.05) is 43.7 Å². The minimum atomic E-state index is -0.335. The van der Waals surface area contributed by atoms with Crippen LogP contribution in [0.4, 0.5) is 0 Å². The molecule has 0 aromatic heterocycles. The van der Waals surface area contributed by atoms with Crippen LogP contribution in [0.15, 0.2) is 24.3 Å². The van der Waals surface area contributed by atoms with Crippen molar-refractivity contribution in [2.24, 2.45) is 0 Å². The second-order valence-corrected chi connectivity index (χ2v) is 6.18. The quantitative estimate of drug-likeness (QED) is 0.836. The summed E-state index contributed by atoms with van der Waals surface area (Å²) in [5.41, 5.74) is 2.28. The predicted molar refractivity (Wildman–Crippen MR) is 88.5 cm³/mol. The third kappa shape index (κ3) is 4.53. The minimum absolute atomic E-state index is 0.335. The number of nitrogens with zero attached hydrogens (tertiary/aromatic N) is 2. The number of aryl methyl sites for hydroxylation is 1. The fourth-order valence-corrected chi connectivity index (χ4v) is 3.31. The van der Waals surface area contributed by atoms with Gasteiger partial charge in [0.05, 0.1) is 6.10 Å². The van der Waals surface area contributed by atoms with Crippen LogP contribution in [0.3, 0.4) is 0 Å². The van der Waals surface area contributed by atoms with Crippen LogP contribution in [0.5, 0.6) is 0 Å². The van der Waals surface area contributed by atoms with Gasteiger partial charge in [0.15, 0.2) is 0 Å². The SMILES string of the molecule is CCN(CC)C1CCN(CCC(O)c2ccc(C)cc2)C1. The molecule has 2 atom stereocenters. The summed E-state index contributed by atoms with van der Waals surface area (Å²) in [4.78, 5) is 5.05. The van der Waals surface area contributed by atoms with Gasteiger partial charge in [-0.05, 0) is 45.0 Å². The average molecular weight is 290 g/mol. The number of benzene rings is 1. The molecule has 1 aromatic carbocycles. The van der Waals surface area contributed by atoms with Crippen molar-refractivity contribution >= 4 is 0 Å². The molecule has 0 saturated carbocycles. The molecule has 0 amide bonds. The normalized spacial score (nSPS) is 21.1. The molecule has 3 heteroatoms. The van der Waals surface area contributed by atoms with Crippen molar-refractivity contribution in [3.8, 4) is 0 Å². The average Bonchev–Trinajstić information content (AvgIpc) is 2.96. The molecule has 0 aliphatic carbocycles. The van der Waals surface area contributed by atoms with Crippen molar-refractivity contribution in [2.45, 2.75) is 45.8 Å². The van der Waals surface area contributed by atoms with Crippen LogP contribution in [-0.4, -0.2) is 53.7 Å². The third-order valence-corrected chi connectivity index (χ3v) is 4.76. The number of likely N-dealkylation sites (N-methyl/N-ethyl adjacent to an activating group) is 1. The van der Waals surface area contributed by atoms with E-state index < -0.39 is 0 Å². The van der Waals surface area contributed by atoms with Gasteiger partial charge in [0.1, 0.15) is 0 Å². The lowest BCUT2D eigenvalue weighted by molar-refractivity contribution is 0.144. The van der Waals surface area contributed by atoms with Crippen molar-refractivity contribution < 1.29 is 5.11 Å². The Labute approximate surface area is 129 Å². The zero-order valence-electron chi connectivity index (χ0n) is 13.8. The van der Waals surface area contributed by atoms with Gasteiger partial charge in [-0.15, -0.1) is 0 Å². The minimum Gasteiger partial charge on any atom is -0.388 e. The summed E-state index contributed by atoms with van der Waals surface area (Å²) in [6.45, 7) is 12.2. The van der Waals surface area contributed by atoms with Crippen molar-refractivity contribution in [1.29, 1.82) is 0 Å². The van der Waals surface area contributed by atoms with Crippen molar-refractivity contribution in [2.75, 3.05) is 32.7 Å². The summed E-state index contributed by atoms with van der Waals surface area (Å²) in [6.07, 6.45) is 1.76. The molecule has 1 heterocycles. The van der Waals surface area contributed by atoms with Crippen LogP contribution < -0.4 is 0 Å². The molecule has 1 aliphatic heterocycles. The fourth-order valence-electron chi connectivity index (χ4n) is 3.31. The van der Waals surface area contributed by atoms with E-state index in [4.69, 9.17) is 0 Å². The summed E-state index contributed by atoms with van der Waals surface area (Å²) >= 11 is 0. The summed E-state index contributed by atoms with van der Waals surface area (Å²) < 4.78 is 0. The number of rotatable bonds is 7. The monoisotopic (exact) mass is 290 g/mol. The summed E-state index contributed by atoms with van der Waals surface area (Å²) in [5.74, 6) is 0. The smallest absolute Gasteiger partial charge is 0.0802 e. The zero-order chi connectivity index (χ0) is 15.2. The first-order valence-electron chi connectivity index (χ1n) is 8.35. The maximum atomic E-state index is 10.3. The standard InChI is InChI=1S/C18H30N2O/c1-4-20(5-2)17-10-12-19(14-17)13-11-18(21)16-8-6-15(3)7-9-16/h6-9,17-18,21H,4-5,10-14H2,1-3H3. The molecule has 1 aromatic rings. The molecule has 0 bridgehead atoms. The second-order valence-electron chi connectivity index (χ2n) is 6.18. The van der Waals surface area contributed by atoms with E-state index in [1.54, 1.807) is 0 Å². The van der Waals surface area contributed by atoms with Gasteiger partial charge in [0.25, 0.3) is 0 Å². The first-order chi connectivity index (χ1) is 10.1. The second kappa shape index (κ2) is 7.92. The van der Waals surface area contributed by atoms with E-state index in [9.17, 15) is 5.11 Å².